The van der Waals surface area contributed by atoms with Crippen molar-refractivity contribution in [2.24, 2.45) is 0 Å². The summed E-state index contributed by atoms with van der Waals surface area (Å²) in [6.45, 7) is 4.37. The molecular weight excluding hydrogens is 332 g/mol. The molecule has 0 aliphatic carbocycles. The normalized spacial score (nSPS) is 19.7. The van der Waals surface area contributed by atoms with Gasteiger partial charge in [-0.05, 0) is 50.1 Å². The van der Waals surface area contributed by atoms with Crippen molar-refractivity contribution >= 4 is 12.4 Å². The molecule has 134 valence electrons. The molecule has 0 amide bonds. The Labute approximate surface area is 151 Å². The van der Waals surface area contributed by atoms with E-state index in [4.69, 9.17) is 9.47 Å². The van der Waals surface area contributed by atoms with Crippen molar-refractivity contribution < 1.29 is 24.5 Å². The number of ether oxygens (including phenoxy) is 2. The van der Waals surface area contributed by atoms with Crippen LogP contribution in [-0.4, -0.2) is 28.7 Å². The van der Waals surface area contributed by atoms with Crippen molar-refractivity contribution in [2.45, 2.75) is 31.8 Å². The van der Waals surface area contributed by atoms with Gasteiger partial charge in [-0.25, -0.2) is 0 Å². The number of carbonyl (C=O) groups is 1. The maximum atomic E-state index is 11.1. The van der Waals surface area contributed by atoms with Crippen LogP contribution < -0.4 is 9.47 Å². The second-order valence-corrected chi connectivity index (χ2v) is 7.30. The Balaban J connectivity index is 1.69. The molecular formula is C21H20O5. The average Bonchev–Trinajstić information content (AvgIpc) is 2.60. The molecule has 0 saturated heterocycles. The molecule has 0 bridgehead atoms. The molecule has 2 aromatic carbocycles. The van der Waals surface area contributed by atoms with Crippen molar-refractivity contribution in [3.8, 4) is 23.0 Å². The number of aldehydes is 1. The van der Waals surface area contributed by atoms with Gasteiger partial charge >= 0.3 is 0 Å². The van der Waals surface area contributed by atoms with E-state index in [1.807, 2.05) is 38.1 Å². The Kier molecular flexibility index (Phi) is 3.68. The smallest absolute Gasteiger partial charge is 0.153 e. The Hall–Kier alpha value is -2.95. The van der Waals surface area contributed by atoms with Crippen LogP contribution in [0.5, 0.6) is 23.0 Å². The van der Waals surface area contributed by atoms with Gasteiger partial charge in [0.05, 0.1) is 17.7 Å². The molecule has 1 atom stereocenters. The fourth-order valence-electron chi connectivity index (χ4n) is 3.55. The lowest BCUT2D eigenvalue weighted by atomic mass is 9.87. The predicted molar refractivity (Wildman–Crippen MR) is 97.3 cm³/mol. The van der Waals surface area contributed by atoms with Crippen LogP contribution in [0, 0.1) is 0 Å². The lowest BCUT2D eigenvalue weighted by Crippen LogP contribution is -2.28. The van der Waals surface area contributed by atoms with Gasteiger partial charge in [0.2, 0.25) is 0 Å². The zero-order chi connectivity index (χ0) is 18.5. The monoisotopic (exact) mass is 352 g/mol. The summed E-state index contributed by atoms with van der Waals surface area (Å²) in [7, 11) is 0. The van der Waals surface area contributed by atoms with Crippen LogP contribution in [0.15, 0.2) is 30.3 Å². The Bertz CT molecular complexity index is 926. The number of fused-ring (bicyclic) bond motifs is 3. The molecule has 2 aliphatic rings. The quantitative estimate of drug-likeness (QED) is 0.804. The fraction of sp³-hybridized carbons (Fsp3) is 0.286. The van der Waals surface area contributed by atoms with Crippen molar-refractivity contribution in [3.63, 3.8) is 0 Å². The summed E-state index contributed by atoms with van der Waals surface area (Å²) in [5.74, 6) is 1.24. The lowest BCUT2D eigenvalue weighted by molar-refractivity contribution is 0.112. The average molecular weight is 352 g/mol. The molecule has 1 unspecified atom stereocenters. The number of phenolic OH excluding ortho intramolecular Hbond substituents is 2. The Morgan fingerprint density at radius 3 is 2.77 bits per heavy atom. The molecule has 0 spiro atoms. The first-order chi connectivity index (χ1) is 12.4. The van der Waals surface area contributed by atoms with Crippen LogP contribution in [0.3, 0.4) is 0 Å². The maximum absolute atomic E-state index is 11.1. The van der Waals surface area contributed by atoms with E-state index in [1.54, 1.807) is 0 Å². The van der Waals surface area contributed by atoms with E-state index in [2.05, 4.69) is 0 Å². The van der Waals surface area contributed by atoms with Crippen molar-refractivity contribution in [3.05, 3.63) is 52.6 Å². The van der Waals surface area contributed by atoms with Crippen LogP contribution >= 0.6 is 0 Å². The highest BCUT2D eigenvalue weighted by Crippen LogP contribution is 2.44. The summed E-state index contributed by atoms with van der Waals surface area (Å²) >= 11 is 0. The molecule has 26 heavy (non-hydrogen) atoms. The first-order valence-electron chi connectivity index (χ1n) is 8.56. The van der Waals surface area contributed by atoms with Gasteiger partial charge < -0.3 is 19.7 Å². The molecule has 2 heterocycles. The summed E-state index contributed by atoms with van der Waals surface area (Å²) in [4.78, 5) is 11.1. The van der Waals surface area contributed by atoms with E-state index in [0.29, 0.717) is 24.9 Å². The molecule has 0 aromatic heterocycles. The Morgan fingerprint density at radius 1 is 1.19 bits per heavy atom. The van der Waals surface area contributed by atoms with E-state index in [1.165, 1.54) is 12.1 Å². The third-order valence-electron chi connectivity index (χ3n) is 4.90. The van der Waals surface area contributed by atoms with Gasteiger partial charge in [-0.2, -0.15) is 0 Å². The minimum atomic E-state index is -0.346. The highest BCUT2D eigenvalue weighted by molar-refractivity contribution is 5.80. The van der Waals surface area contributed by atoms with Gasteiger partial charge in [0.25, 0.3) is 0 Å². The standard InChI is InChI=1S/C21H20O5/c1-21(2)6-5-15-19(26-21)4-3-12-7-14(11-25-20(12)15)16-8-13(10-22)17(23)9-18(16)24/h3-6,8-10,14,23-24H,7,11H2,1-2H3. The highest BCUT2D eigenvalue weighted by Gasteiger charge is 2.30. The van der Waals surface area contributed by atoms with Gasteiger partial charge in [-0.15, -0.1) is 0 Å². The number of rotatable bonds is 2. The molecule has 2 aromatic rings. The number of carbonyl (C=O) groups excluding carboxylic acids is 1. The molecule has 0 saturated carbocycles. The van der Waals surface area contributed by atoms with Crippen molar-refractivity contribution in [1.82, 2.24) is 0 Å². The first-order valence-corrected chi connectivity index (χ1v) is 8.56. The van der Waals surface area contributed by atoms with E-state index in [-0.39, 0.29) is 28.6 Å². The number of hydrogen-bond donors (Lipinski definition) is 2. The van der Waals surface area contributed by atoms with E-state index < -0.39 is 0 Å². The summed E-state index contributed by atoms with van der Waals surface area (Å²) in [6.07, 6.45) is 5.28. The van der Waals surface area contributed by atoms with Crippen LogP contribution in [0.4, 0.5) is 0 Å². The maximum Gasteiger partial charge on any atom is 0.153 e. The second kappa shape index (κ2) is 5.80. The fourth-order valence-corrected chi connectivity index (χ4v) is 3.55. The summed E-state index contributed by atoms with van der Waals surface area (Å²) in [5, 5.41) is 19.9. The minimum Gasteiger partial charge on any atom is -0.508 e. The SMILES string of the molecule is CC1(C)C=Cc2c(ccc3c2OCC(c2cc(C=O)c(O)cc2O)C3)O1. The second-order valence-electron chi connectivity index (χ2n) is 7.30. The van der Waals surface area contributed by atoms with Crippen LogP contribution in [0.2, 0.25) is 0 Å². The summed E-state index contributed by atoms with van der Waals surface area (Å²) in [6, 6.07) is 6.66. The summed E-state index contributed by atoms with van der Waals surface area (Å²) < 4.78 is 12.0. The van der Waals surface area contributed by atoms with Crippen LogP contribution in [-0.2, 0) is 6.42 Å². The molecule has 0 radical (unpaired) electrons. The number of aromatic hydroxyl groups is 2. The third kappa shape index (κ3) is 2.69. The van der Waals surface area contributed by atoms with Crippen molar-refractivity contribution in [1.29, 1.82) is 0 Å². The largest absolute Gasteiger partial charge is 0.508 e. The molecule has 0 fully saturated rings. The summed E-state index contributed by atoms with van der Waals surface area (Å²) in [5.41, 5.74) is 2.37. The van der Waals surface area contributed by atoms with Crippen LogP contribution in [0.25, 0.3) is 6.08 Å². The number of benzene rings is 2. The molecule has 2 N–H and O–H groups in total. The first kappa shape index (κ1) is 16.5. The molecule has 5 heteroatoms. The van der Waals surface area contributed by atoms with E-state index in [0.717, 1.165) is 22.6 Å². The van der Waals surface area contributed by atoms with Gasteiger partial charge in [0, 0.05) is 17.5 Å². The predicted octanol–water partition coefficient (Wildman–Crippen LogP) is 3.81. The minimum absolute atomic E-state index is 0.0342. The molecule has 2 aliphatic heterocycles. The number of hydrogen-bond acceptors (Lipinski definition) is 5. The Morgan fingerprint density at radius 2 is 2.00 bits per heavy atom. The van der Waals surface area contributed by atoms with E-state index in [9.17, 15) is 15.0 Å². The van der Waals surface area contributed by atoms with Crippen LogP contribution in [0.1, 0.15) is 46.8 Å². The lowest BCUT2D eigenvalue weighted by Gasteiger charge is -2.32. The van der Waals surface area contributed by atoms with Gasteiger partial charge in [0.1, 0.15) is 28.6 Å². The number of phenols is 2. The van der Waals surface area contributed by atoms with Gasteiger partial charge in [0.15, 0.2) is 6.29 Å². The zero-order valence-electron chi connectivity index (χ0n) is 14.7. The third-order valence-corrected chi connectivity index (χ3v) is 4.90. The molecule has 4 rings (SSSR count). The van der Waals surface area contributed by atoms with Crippen molar-refractivity contribution in [2.75, 3.05) is 6.61 Å². The van der Waals surface area contributed by atoms with E-state index >= 15 is 0 Å². The molecule has 5 nitrogen and oxygen atoms in total. The highest BCUT2D eigenvalue weighted by atomic mass is 16.5. The topological polar surface area (TPSA) is 76.0 Å². The zero-order valence-corrected chi connectivity index (χ0v) is 14.7. The van der Waals surface area contributed by atoms with Gasteiger partial charge in [-0.1, -0.05) is 6.07 Å². The van der Waals surface area contributed by atoms with Gasteiger partial charge in [-0.3, -0.25) is 4.79 Å².